The number of nitrogens with zero attached hydrogens (tertiary/aromatic N) is 3. The molecule has 0 bridgehead atoms. The Morgan fingerprint density at radius 2 is 2.25 bits per heavy atom. The summed E-state index contributed by atoms with van der Waals surface area (Å²) >= 11 is 3.53. The number of hydrogen-bond donors (Lipinski definition) is 1. The van der Waals surface area contributed by atoms with Crippen molar-refractivity contribution in [1.82, 2.24) is 15.2 Å². The number of rotatable bonds is 5. The van der Waals surface area contributed by atoms with Crippen LogP contribution in [0, 0.1) is 0 Å². The van der Waals surface area contributed by atoms with Crippen LogP contribution in [-0.2, 0) is 6.54 Å². The topological polar surface area (TPSA) is 31.4 Å². The summed E-state index contributed by atoms with van der Waals surface area (Å²) in [5, 5.41) is 3.48. The summed E-state index contributed by atoms with van der Waals surface area (Å²) < 4.78 is 1.05. The lowest BCUT2D eigenvalue weighted by Gasteiger charge is -2.39. The highest BCUT2D eigenvalue weighted by molar-refractivity contribution is 9.10. The molecule has 1 aliphatic rings. The van der Waals surface area contributed by atoms with Crippen molar-refractivity contribution in [1.29, 1.82) is 0 Å². The Balaban J connectivity index is 2.13. The molecule has 0 aromatic carbocycles. The molecular weight excluding hydrogens is 316 g/mol. The second kappa shape index (κ2) is 7.38. The average Bonchev–Trinajstić information content (AvgIpc) is 2.43. The van der Waals surface area contributed by atoms with E-state index < -0.39 is 0 Å². The maximum Gasteiger partial charge on any atom is 0.133 e. The van der Waals surface area contributed by atoms with Gasteiger partial charge in [0.2, 0.25) is 0 Å². The van der Waals surface area contributed by atoms with E-state index in [1.165, 1.54) is 5.56 Å². The molecule has 0 spiro atoms. The Morgan fingerprint density at radius 3 is 2.95 bits per heavy atom. The highest BCUT2D eigenvalue weighted by Gasteiger charge is 2.23. The first-order chi connectivity index (χ1) is 9.61. The Kier molecular flexibility index (Phi) is 5.81. The van der Waals surface area contributed by atoms with Crippen molar-refractivity contribution in [3.8, 4) is 0 Å². The van der Waals surface area contributed by atoms with Gasteiger partial charge in [0.05, 0.1) is 0 Å². The van der Waals surface area contributed by atoms with Crippen LogP contribution in [0.25, 0.3) is 0 Å². The first-order valence-corrected chi connectivity index (χ1v) is 8.21. The van der Waals surface area contributed by atoms with Crippen LogP contribution < -0.4 is 10.2 Å². The normalized spacial score (nSPS) is 20.4. The summed E-state index contributed by atoms with van der Waals surface area (Å²) in [6.07, 6.45) is 3.06. The fourth-order valence-corrected chi connectivity index (χ4v) is 2.91. The molecule has 1 unspecified atom stereocenters. The van der Waals surface area contributed by atoms with Crippen molar-refractivity contribution in [2.75, 3.05) is 38.1 Å². The number of hydrogen-bond acceptors (Lipinski definition) is 4. The van der Waals surface area contributed by atoms with E-state index in [0.717, 1.165) is 49.4 Å². The molecule has 2 rings (SSSR count). The molecule has 2 heterocycles. The predicted octanol–water partition coefficient (Wildman–Crippen LogP) is 2.48. The first kappa shape index (κ1) is 15.7. The first-order valence-electron chi connectivity index (χ1n) is 7.42. The number of piperazine rings is 1. The van der Waals surface area contributed by atoms with Crippen molar-refractivity contribution >= 4 is 21.7 Å². The molecule has 0 radical (unpaired) electrons. The van der Waals surface area contributed by atoms with Gasteiger partial charge in [-0.05, 0) is 48.9 Å². The lowest BCUT2D eigenvalue weighted by atomic mass is 10.1. The minimum atomic E-state index is 0.575. The summed E-state index contributed by atoms with van der Waals surface area (Å²) in [4.78, 5) is 9.48. The minimum absolute atomic E-state index is 0.575. The summed E-state index contributed by atoms with van der Waals surface area (Å²) in [7, 11) is 2.20. The maximum absolute atomic E-state index is 4.66. The molecule has 1 aromatic rings. The summed E-state index contributed by atoms with van der Waals surface area (Å²) in [6, 6.07) is 2.76. The van der Waals surface area contributed by atoms with E-state index in [2.05, 4.69) is 63.0 Å². The molecule has 1 atom stereocenters. The summed E-state index contributed by atoms with van der Waals surface area (Å²) in [5.41, 5.74) is 1.28. The highest BCUT2D eigenvalue weighted by atomic mass is 79.9. The molecule has 1 saturated heterocycles. The monoisotopic (exact) mass is 340 g/mol. The number of anilines is 1. The van der Waals surface area contributed by atoms with Gasteiger partial charge < -0.3 is 15.1 Å². The number of pyridine rings is 1. The lowest BCUT2D eigenvalue weighted by molar-refractivity contribution is 0.233. The largest absolute Gasteiger partial charge is 0.354 e. The van der Waals surface area contributed by atoms with Crippen LogP contribution in [0.1, 0.15) is 25.8 Å². The van der Waals surface area contributed by atoms with Gasteiger partial charge in [0.1, 0.15) is 5.82 Å². The average molecular weight is 341 g/mol. The third-order valence-electron chi connectivity index (χ3n) is 3.91. The van der Waals surface area contributed by atoms with Gasteiger partial charge in [0.25, 0.3) is 0 Å². The second-order valence-electron chi connectivity index (χ2n) is 5.59. The van der Waals surface area contributed by atoms with Crippen LogP contribution >= 0.6 is 15.9 Å². The Bertz CT molecular complexity index is 438. The zero-order chi connectivity index (χ0) is 14.5. The smallest absolute Gasteiger partial charge is 0.133 e. The van der Waals surface area contributed by atoms with Crippen LogP contribution in [0.2, 0.25) is 0 Å². The molecule has 5 heteroatoms. The molecule has 1 fully saturated rings. The van der Waals surface area contributed by atoms with Crippen LogP contribution in [-0.4, -0.2) is 49.2 Å². The van der Waals surface area contributed by atoms with Gasteiger partial charge in [-0.15, -0.1) is 0 Å². The van der Waals surface area contributed by atoms with Gasteiger partial charge in [-0.2, -0.15) is 0 Å². The summed E-state index contributed by atoms with van der Waals surface area (Å²) in [5.74, 6) is 1.14. The van der Waals surface area contributed by atoms with Crippen LogP contribution in [0.3, 0.4) is 0 Å². The molecule has 1 N–H and O–H groups in total. The van der Waals surface area contributed by atoms with Gasteiger partial charge in [-0.25, -0.2) is 4.98 Å². The molecule has 0 aliphatic carbocycles. The number of aromatic nitrogens is 1. The van der Waals surface area contributed by atoms with Gasteiger partial charge in [-0.3, -0.25) is 0 Å². The standard InChI is InChI=1S/C15H25BrN4/c1-4-5-17-9-13-8-14(16)10-18-15(13)20-7-6-19(3)12(2)11-20/h8,10,12,17H,4-7,9,11H2,1-3H3. The van der Waals surface area contributed by atoms with Crippen molar-refractivity contribution in [3.05, 3.63) is 22.3 Å². The number of nitrogens with one attached hydrogen (secondary N) is 1. The van der Waals surface area contributed by atoms with Crippen molar-refractivity contribution in [2.24, 2.45) is 0 Å². The molecule has 112 valence electrons. The quantitative estimate of drug-likeness (QED) is 0.834. The predicted molar refractivity (Wildman–Crippen MR) is 88.2 cm³/mol. The van der Waals surface area contributed by atoms with Gasteiger partial charge in [0.15, 0.2) is 0 Å². The molecule has 1 aliphatic heterocycles. The van der Waals surface area contributed by atoms with Crippen molar-refractivity contribution in [2.45, 2.75) is 32.9 Å². The van der Waals surface area contributed by atoms with Crippen molar-refractivity contribution < 1.29 is 0 Å². The Hall–Kier alpha value is -0.650. The second-order valence-corrected chi connectivity index (χ2v) is 6.50. The van der Waals surface area contributed by atoms with E-state index in [4.69, 9.17) is 0 Å². The highest BCUT2D eigenvalue weighted by Crippen LogP contribution is 2.23. The zero-order valence-corrected chi connectivity index (χ0v) is 14.3. The fourth-order valence-electron chi connectivity index (χ4n) is 2.53. The molecule has 1 aromatic heterocycles. The van der Waals surface area contributed by atoms with Crippen LogP contribution in [0.4, 0.5) is 5.82 Å². The van der Waals surface area contributed by atoms with E-state index in [9.17, 15) is 0 Å². The van der Waals surface area contributed by atoms with E-state index in [0.29, 0.717) is 6.04 Å². The van der Waals surface area contributed by atoms with E-state index >= 15 is 0 Å². The fraction of sp³-hybridized carbons (Fsp3) is 0.667. The minimum Gasteiger partial charge on any atom is -0.354 e. The molecule has 0 amide bonds. The molecule has 0 saturated carbocycles. The molecule has 4 nitrogen and oxygen atoms in total. The Morgan fingerprint density at radius 1 is 1.45 bits per heavy atom. The zero-order valence-electron chi connectivity index (χ0n) is 12.7. The van der Waals surface area contributed by atoms with Crippen LogP contribution in [0.5, 0.6) is 0 Å². The lowest BCUT2D eigenvalue weighted by Crippen LogP contribution is -2.50. The van der Waals surface area contributed by atoms with E-state index in [1.807, 2.05) is 6.20 Å². The Labute approximate surface area is 130 Å². The molecule has 20 heavy (non-hydrogen) atoms. The van der Waals surface area contributed by atoms with Gasteiger partial charge >= 0.3 is 0 Å². The maximum atomic E-state index is 4.66. The number of likely N-dealkylation sites (N-methyl/N-ethyl adjacent to an activating group) is 1. The van der Waals surface area contributed by atoms with Crippen molar-refractivity contribution in [3.63, 3.8) is 0 Å². The van der Waals surface area contributed by atoms with E-state index in [-0.39, 0.29) is 0 Å². The summed E-state index contributed by atoms with van der Waals surface area (Å²) in [6.45, 7) is 9.60. The number of halogens is 1. The SMILES string of the molecule is CCCNCc1cc(Br)cnc1N1CCN(C)C(C)C1. The van der Waals surface area contributed by atoms with Gasteiger partial charge in [-0.1, -0.05) is 6.92 Å². The third kappa shape index (κ3) is 3.93. The molecular formula is C15H25BrN4. The third-order valence-corrected chi connectivity index (χ3v) is 4.34. The van der Waals surface area contributed by atoms with Gasteiger partial charge in [0, 0.05) is 48.5 Å². The van der Waals surface area contributed by atoms with Crippen LogP contribution in [0.15, 0.2) is 16.7 Å². The van der Waals surface area contributed by atoms with E-state index in [1.54, 1.807) is 0 Å².